The lowest BCUT2D eigenvalue weighted by molar-refractivity contribution is 0.101. The molecule has 0 spiro atoms. The number of halogens is 3. The highest BCUT2D eigenvalue weighted by atomic mass is 35.5. The van der Waals surface area contributed by atoms with Gasteiger partial charge in [-0.1, -0.05) is 102 Å². The van der Waals surface area contributed by atoms with Crippen molar-refractivity contribution in [3.05, 3.63) is 139 Å². The van der Waals surface area contributed by atoms with Crippen LogP contribution in [0, 0.1) is 20.8 Å². The lowest BCUT2D eigenvalue weighted by Gasteiger charge is -2.39. The normalized spacial score (nSPS) is 12.4. The van der Waals surface area contributed by atoms with E-state index in [0.717, 1.165) is 38.9 Å². The summed E-state index contributed by atoms with van der Waals surface area (Å²) < 4.78 is 5.75. The van der Waals surface area contributed by atoms with Crippen LogP contribution in [0.4, 0.5) is 0 Å². The zero-order valence-electron chi connectivity index (χ0n) is 20.9. The van der Waals surface area contributed by atoms with E-state index in [0.29, 0.717) is 21.5 Å². The summed E-state index contributed by atoms with van der Waals surface area (Å²) >= 11 is 19.8. The van der Waals surface area contributed by atoms with Gasteiger partial charge in [-0.05, 0) is 84.3 Å². The van der Waals surface area contributed by atoms with Gasteiger partial charge in [0.1, 0.15) is 0 Å². The standard InChI is InChI=1S/C30H28BCl3O3/c1-19-9-12-22(15-26(19)32)29(37-31(35)36)18-30(23-7-5-4-6-8-23,24-13-10-20(2)27(33)16-24)25-14-11-21(3)28(34)17-25/h4-17,29,35-36H,18H2,1-3H3. The Labute approximate surface area is 233 Å². The van der Waals surface area contributed by atoms with Crippen LogP contribution < -0.4 is 0 Å². The summed E-state index contributed by atoms with van der Waals surface area (Å²) in [6.45, 7) is 5.84. The van der Waals surface area contributed by atoms with Crippen molar-refractivity contribution in [2.45, 2.75) is 38.7 Å². The largest absolute Gasteiger partial charge is 0.634 e. The summed E-state index contributed by atoms with van der Waals surface area (Å²) in [5, 5.41) is 21.7. The van der Waals surface area contributed by atoms with Crippen molar-refractivity contribution in [2.24, 2.45) is 0 Å². The zero-order valence-corrected chi connectivity index (χ0v) is 23.1. The fourth-order valence-electron chi connectivity index (χ4n) is 4.77. The van der Waals surface area contributed by atoms with Crippen LogP contribution in [0.2, 0.25) is 15.1 Å². The van der Waals surface area contributed by atoms with Crippen LogP contribution in [0.5, 0.6) is 0 Å². The van der Waals surface area contributed by atoms with Crippen LogP contribution in [0.15, 0.2) is 84.9 Å². The average Bonchev–Trinajstić information content (AvgIpc) is 2.87. The average molecular weight is 554 g/mol. The summed E-state index contributed by atoms with van der Waals surface area (Å²) in [5.74, 6) is 0. The molecule has 1 atom stereocenters. The van der Waals surface area contributed by atoms with Crippen molar-refractivity contribution in [2.75, 3.05) is 0 Å². The van der Waals surface area contributed by atoms with Gasteiger partial charge in [0.2, 0.25) is 0 Å². The molecule has 4 aromatic carbocycles. The molecule has 0 aromatic heterocycles. The molecule has 0 aliphatic rings. The molecule has 0 aliphatic heterocycles. The predicted molar refractivity (Wildman–Crippen MR) is 154 cm³/mol. The van der Waals surface area contributed by atoms with Gasteiger partial charge in [0, 0.05) is 20.5 Å². The van der Waals surface area contributed by atoms with E-state index in [1.165, 1.54) is 0 Å². The molecule has 7 heteroatoms. The maximum Gasteiger partial charge on any atom is 0.634 e. The summed E-state index contributed by atoms with van der Waals surface area (Å²) in [6.07, 6.45) is -0.425. The van der Waals surface area contributed by atoms with E-state index in [1.54, 1.807) is 0 Å². The molecule has 0 heterocycles. The highest BCUT2D eigenvalue weighted by Gasteiger charge is 2.41. The minimum absolute atomic E-state index is 0.312. The van der Waals surface area contributed by atoms with Crippen molar-refractivity contribution in [3.63, 3.8) is 0 Å². The minimum Gasteiger partial charge on any atom is -0.402 e. The Morgan fingerprint density at radius 3 is 1.62 bits per heavy atom. The van der Waals surface area contributed by atoms with Crippen molar-refractivity contribution < 1.29 is 14.7 Å². The van der Waals surface area contributed by atoms with Gasteiger partial charge in [-0.3, -0.25) is 0 Å². The summed E-state index contributed by atoms with van der Waals surface area (Å²) in [4.78, 5) is 0. The molecule has 0 amide bonds. The van der Waals surface area contributed by atoms with E-state index in [4.69, 9.17) is 39.5 Å². The molecule has 4 aromatic rings. The molecule has 0 saturated heterocycles. The van der Waals surface area contributed by atoms with Crippen molar-refractivity contribution in [3.8, 4) is 0 Å². The van der Waals surface area contributed by atoms with Gasteiger partial charge in [0.15, 0.2) is 0 Å². The maximum atomic E-state index is 9.94. The van der Waals surface area contributed by atoms with Crippen LogP contribution in [-0.2, 0) is 10.1 Å². The van der Waals surface area contributed by atoms with Crippen molar-refractivity contribution in [1.82, 2.24) is 0 Å². The second kappa shape index (κ2) is 11.6. The topological polar surface area (TPSA) is 49.7 Å². The van der Waals surface area contributed by atoms with Crippen LogP contribution in [0.3, 0.4) is 0 Å². The second-order valence-corrected chi connectivity index (χ2v) is 10.6. The molecule has 2 N–H and O–H groups in total. The number of rotatable bonds is 8. The maximum absolute atomic E-state index is 9.94. The van der Waals surface area contributed by atoms with Gasteiger partial charge in [0.05, 0.1) is 6.10 Å². The van der Waals surface area contributed by atoms with E-state index in [2.05, 4.69) is 24.3 Å². The summed E-state index contributed by atoms with van der Waals surface area (Å²) in [7, 11) is -1.98. The first-order chi connectivity index (χ1) is 17.6. The molecule has 37 heavy (non-hydrogen) atoms. The van der Waals surface area contributed by atoms with Gasteiger partial charge in [-0.25, -0.2) is 0 Å². The number of aryl methyl sites for hydroxylation is 3. The Morgan fingerprint density at radius 2 is 1.16 bits per heavy atom. The van der Waals surface area contributed by atoms with E-state index in [1.807, 2.05) is 81.4 Å². The first-order valence-electron chi connectivity index (χ1n) is 12.0. The number of hydrogen-bond donors (Lipinski definition) is 2. The fourth-order valence-corrected chi connectivity index (χ4v) is 5.32. The Bertz CT molecular complexity index is 1340. The highest BCUT2D eigenvalue weighted by molar-refractivity contribution is 6.33. The molecule has 4 rings (SSSR count). The van der Waals surface area contributed by atoms with Crippen LogP contribution in [0.25, 0.3) is 0 Å². The van der Waals surface area contributed by atoms with Crippen LogP contribution in [-0.4, -0.2) is 17.4 Å². The number of benzene rings is 4. The first kappa shape index (κ1) is 27.7. The van der Waals surface area contributed by atoms with E-state index in [-0.39, 0.29) is 0 Å². The van der Waals surface area contributed by atoms with Crippen molar-refractivity contribution >= 4 is 42.1 Å². The second-order valence-electron chi connectivity index (χ2n) is 9.36. The molecule has 0 saturated carbocycles. The smallest absolute Gasteiger partial charge is 0.402 e. The lowest BCUT2D eigenvalue weighted by Crippen LogP contribution is -2.34. The SMILES string of the molecule is Cc1ccc(C(CC(c2ccccc2)(c2ccc(C)c(Cl)c2)c2ccc(C)c(Cl)c2)OB(O)O)cc1Cl. The highest BCUT2D eigenvalue weighted by Crippen LogP contribution is 2.48. The molecular weight excluding hydrogens is 525 g/mol. The minimum atomic E-state index is -1.98. The lowest BCUT2D eigenvalue weighted by atomic mass is 9.65. The summed E-state index contributed by atoms with van der Waals surface area (Å²) in [5.41, 5.74) is 5.57. The molecule has 1 unspecified atom stereocenters. The third kappa shape index (κ3) is 5.91. The van der Waals surface area contributed by atoms with Gasteiger partial charge >= 0.3 is 7.32 Å². The fraction of sp³-hybridized carbons (Fsp3) is 0.200. The first-order valence-corrected chi connectivity index (χ1v) is 13.1. The zero-order chi connectivity index (χ0) is 26.7. The van der Waals surface area contributed by atoms with Crippen LogP contribution in [0.1, 0.15) is 51.5 Å². The predicted octanol–water partition coefficient (Wildman–Crippen LogP) is 8.02. The van der Waals surface area contributed by atoms with Gasteiger partial charge < -0.3 is 14.7 Å². The van der Waals surface area contributed by atoms with Gasteiger partial charge in [0.25, 0.3) is 0 Å². The van der Waals surface area contributed by atoms with E-state index in [9.17, 15) is 10.0 Å². The Hall–Kier alpha value is -2.31. The molecule has 190 valence electrons. The Morgan fingerprint density at radius 1 is 0.676 bits per heavy atom. The van der Waals surface area contributed by atoms with Gasteiger partial charge in [-0.2, -0.15) is 0 Å². The number of hydrogen-bond acceptors (Lipinski definition) is 3. The molecule has 3 nitrogen and oxygen atoms in total. The van der Waals surface area contributed by atoms with Crippen molar-refractivity contribution in [1.29, 1.82) is 0 Å². The quantitative estimate of drug-likeness (QED) is 0.172. The third-order valence-electron chi connectivity index (χ3n) is 6.94. The molecule has 0 fully saturated rings. The summed E-state index contributed by atoms with van der Waals surface area (Å²) in [6, 6.07) is 27.6. The van der Waals surface area contributed by atoms with E-state index < -0.39 is 18.8 Å². The molecule has 0 aliphatic carbocycles. The molecule has 0 bridgehead atoms. The molecule has 0 radical (unpaired) electrons. The molecular formula is C30H28BCl3O3. The Kier molecular flexibility index (Phi) is 8.70. The van der Waals surface area contributed by atoms with E-state index >= 15 is 0 Å². The monoisotopic (exact) mass is 552 g/mol. The Balaban J connectivity index is 2.04. The van der Waals surface area contributed by atoms with Gasteiger partial charge in [-0.15, -0.1) is 0 Å². The van der Waals surface area contributed by atoms with Crippen LogP contribution >= 0.6 is 34.8 Å². The third-order valence-corrected chi connectivity index (χ3v) is 8.16.